The third-order valence-electron chi connectivity index (χ3n) is 5.22. The Balaban J connectivity index is 1.52. The van der Waals surface area contributed by atoms with Gasteiger partial charge in [-0.25, -0.2) is 4.79 Å². The molecule has 1 atom stereocenters. The molecule has 1 aromatic heterocycles. The molecule has 4 rings (SSSR count). The third kappa shape index (κ3) is 3.92. The van der Waals surface area contributed by atoms with Crippen molar-refractivity contribution in [3.63, 3.8) is 0 Å². The number of amides is 1. The van der Waals surface area contributed by atoms with Crippen LogP contribution < -0.4 is 0 Å². The van der Waals surface area contributed by atoms with E-state index in [0.29, 0.717) is 0 Å². The van der Waals surface area contributed by atoms with Gasteiger partial charge in [0.2, 0.25) is 0 Å². The zero-order valence-electron chi connectivity index (χ0n) is 15.6. The molecule has 0 spiro atoms. The summed E-state index contributed by atoms with van der Waals surface area (Å²) < 4.78 is 1.39. The molecule has 1 amide bonds. The van der Waals surface area contributed by atoms with Gasteiger partial charge in [-0.1, -0.05) is 65.4 Å². The molecule has 27 heavy (non-hydrogen) atoms. The molecule has 0 N–H and O–H groups in total. The van der Waals surface area contributed by atoms with Crippen LogP contribution in [0.4, 0.5) is 4.79 Å². The molecule has 1 aliphatic rings. The Morgan fingerprint density at radius 1 is 1.07 bits per heavy atom. The zero-order chi connectivity index (χ0) is 18.6. The molecule has 138 valence electrons. The highest BCUT2D eigenvalue weighted by molar-refractivity contribution is 5.77. The lowest BCUT2D eigenvalue weighted by molar-refractivity contribution is 0.149. The van der Waals surface area contributed by atoms with Gasteiger partial charge in [-0.05, 0) is 38.2 Å². The number of aromatic nitrogens is 3. The number of hydrogen-bond donors (Lipinski definition) is 0. The number of nitrogens with zero attached hydrogens (tertiary/aromatic N) is 4. The van der Waals surface area contributed by atoms with Gasteiger partial charge in [-0.15, -0.1) is 5.10 Å². The quantitative estimate of drug-likeness (QED) is 0.699. The first kappa shape index (κ1) is 17.5. The van der Waals surface area contributed by atoms with Crippen LogP contribution in [0.1, 0.15) is 30.4 Å². The van der Waals surface area contributed by atoms with Gasteiger partial charge in [0, 0.05) is 18.2 Å². The van der Waals surface area contributed by atoms with Crippen LogP contribution in [-0.4, -0.2) is 38.5 Å². The first-order valence-corrected chi connectivity index (χ1v) is 9.55. The molecule has 1 unspecified atom stereocenters. The average Bonchev–Trinajstić information content (AvgIpc) is 3.19. The van der Waals surface area contributed by atoms with Crippen molar-refractivity contribution in [2.24, 2.45) is 0 Å². The maximum atomic E-state index is 13.1. The summed E-state index contributed by atoms with van der Waals surface area (Å²) in [5.74, 6) is 0. The fourth-order valence-corrected chi connectivity index (χ4v) is 3.70. The highest BCUT2D eigenvalue weighted by Gasteiger charge is 2.28. The van der Waals surface area contributed by atoms with E-state index in [1.54, 1.807) is 6.20 Å². The Kier molecular flexibility index (Phi) is 5.01. The largest absolute Gasteiger partial charge is 0.346 e. The molecule has 5 heteroatoms. The van der Waals surface area contributed by atoms with Gasteiger partial charge in [-0.3, -0.25) is 0 Å². The predicted molar refractivity (Wildman–Crippen MR) is 105 cm³/mol. The van der Waals surface area contributed by atoms with Gasteiger partial charge >= 0.3 is 6.03 Å². The molecular formula is C22H24N4O. The van der Waals surface area contributed by atoms with Gasteiger partial charge in [0.15, 0.2) is 0 Å². The zero-order valence-corrected chi connectivity index (χ0v) is 15.6. The molecule has 0 bridgehead atoms. The Morgan fingerprint density at radius 2 is 1.85 bits per heavy atom. The van der Waals surface area contributed by atoms with E-state index in [9.17, 15) is 4.79 Å². The topological polar surface area (TPSA) is 51.0 Å². The van der Waals surface area contributed by atoms with Crippen LogP contribution in [0.15, 0.2) is 60.8 Å². The number of carbonyl (C=O) groups excluding carboxylic acids is 1. The van der Waals surface area contributed by atoms with Crippen molar-refractivity contribution >= 4 is 6.03 Å². The van der Waals surface area contributed by atoms with Crippen LogP contribution in [0.5, 0.6) is 0 Å². The summed E-state index contributed by atoms with van der Waals surface area (Å²) in [7, 11) is 0. The summed E-state index contributed by atoms with van der Waals surface area (Å²) in [6.45, 7) is 2.82. The Morgan fingerprint density at radius 3 is 2.63 bits per heavy atom. The van der Waals surface area contributed by atoms with Gasteiger partial charge < -0.3 is 4.90 Å². The number of likely N-dealkylation sites (tertiary alicyclic amines) is 1. The molecule has 3 aromatic rings. The van der Waals surface area contributed by atoms with Gasteiger partial charge in [0.1, 0.15) is 5.69 Å². The van der Waals surface area contributed by atoms with Crippen LogP contribution in [0.2, 0.25) is 0 Å². The number of benzene rings is 2. The van der Waals surface area contributed by atoms with Gasteiger partial charge in [0.25, 0.3) is 0 Å². The second-order valence-corrected chi connectivity index (χ2v) is 7.23. The first-order chi connectivity index (χ1) is 13.2. The monoisotopic (exact) mass is 360 g/mol. The Bertz CT molecular complexity index is 902. The lowest BCUT2D eigenvalue weighted by Gasteiger charge is -2.35. The molecule has 0 aliphatic carbocycles. The Labute approximate surface area is 159 Å². The minimum atomic E-state index is -0.0820. The van der Waals surface area contributed by atoms with Crippen LogP contribution in [0.25, 0.3) is 11.3 Å². The van der Waals surface area contributed by atoms with Crippen LogP contribution in [0.3, 0.4) is 0 Å². The van der Waals surface area contributed by atoms with E-state index < -0.39 is 0 Å². The highest BCUT2D eigenvalue weighted by atomic mass is 16.2. The summed E-state index contributed by atoms with van der Waals surface area (Å²) in [5, 5.41) is 8.31. The van der Waals surface area contributed by atoms with Crippen molar-refractivity contribution in [2.45, 2.75) is 38.6 Å². The molecule has 2 heterocycles. The van der Waals surface area contributed by atoms with E-state index in [1.165, 1.54) is 15.8 Å². The maximum Gasteiger partial charge on any atom is 0.346 e. The molecule has 5 nitrogen and oxygen atoms in total. The predicted octanol–water partition coefficient (Wildman–Crippen LogP) is 4.32. The van der Waals surface area contributed by atoms with E-state index in [2.05, 4.69) is 34.6 Å². The van der Waals surface area contributed by atoms with Crippen LogP contribution in [0, 0.1) is 6.92 Å². The number of carbonyl (C=O) groups is 1. The van der Waals surface area contributed by atoms with Crippen LogP contribution >= 0.6 is 0 Å². The summed E-state index contributed by atoms with van der Waals surface area (Å²) >= 11 is 0. The van der Waals surface area contributed by atoms with Gasteiger partial charge in [0.05, 0.1) is 6.20 Å². The summed E-state index contributed by atoms with van der Waals surface area (Å²) in [6, 6.07) is 18.6. The highest BCUT2D eigenvalue weighted by Crippen LogP contribution is 2.22. The smallest absolute Gasteiger partial charge is 0.320 e. The summed E-state index contributed by atoms with van der Waals surface area (Å²) in [4.78, 5) is 15.0. The van der Waals surface area contributed by atoms with Crippen molar-refractivity contribution in [1.29, 1.82) is 0 Å². The van der Waals surface area contributed by atoms with Crippen molar-refractivity contribution < 1.29 is 4.79 Å². The summed E-state index contributed by atoms with van der Waals surface area (Å²) in [6.07, 6.45) is 5.84. The number of aryl methyl sites for hydroxylation is 1. The molecule has 0 radical (unpaired) electrons. The number of piperidine rings is 1. The van der Waals surface area contributed by atoms with E-state index in [-0.39, 0.29) is 12.1 Å². The minimum absolute atomic E-state index is 0.0820. The molecule has 1 aliphatic heterocycles. The number of rotatable bonds is 3. The third-order valence-corrected chi connectivity index (χ3v) is 5.22. The normalized spacial score (nSPS) is 17.1. The van der Waals surface area contributed by atoms with Crippen molar-refractivity contribution in [3.8, 4) is 11.3 Å². The van der Waals surface area contributed by atoms with Crippen molar-refractivity contribution in [1.82, 2.24) is 19.9 Å². The fourth-order valence-electron chi connectivity index (χ4n) is 3.70. The minimum Gasteiger partial charge on any atom is -0.320 e. The van der Waals surface area contributed by atoms with E-state index >= 15 is 0 Å². The lowest BCUT2D eigenvalue weighted by atomic mass is 9.96. The number of hydrogen-bond acceptors (Lipinski definition) is 3. The second-order valence-electron chi connectivity index (χ2n) is 7.23. The van der Waals surface area contributed by atoms with E-state index in [0.717, 1.165) is 43.5 Å². The molecule has 1 saturated heterocycles. The first-order valence-electron chi connectivity index (χ1n) is 9.55. The molecular weight excluding hydrogens is 336 g/mol. The SMILES string of the molecule is Cc1ccc(-c2cn(C(=O)N3CCCCC3Cc3ccccc3)nn2)cc1. The van der Waals surface area contributed by atoms with E-state index in [1.807, 2.05) is 42.2 Å². The standard InChI is InChI=1S/C22H24N4O/c1-17-10-12-19(13-11-17)21-16-26(24-23-21)22(27)25-14-6-5-9-20(25)15-18-7-3-2-4-8-18/h2-4,7-8,10-13,16,20H,5-6,9,14-15H2,1H3. The van der Waals surface area contributed by atoms with Gasteiger partial charge in [-0.2, -0.15) is 4.68 Å². The van der Waals surface area contributed by atoms with E-state index in [4.69, 9.17) is 0 Å². The van der Waals surface area contributed by atoms with Crippen molar-refractivity contribution in [3.05, 3.63) is 71.9 Å². The lowest BCUT2D eigenvalue weighted by Crippen LogP contribution is -2.46. The maximum absolute atomic E-state index is 13.1. The van der Waals surface area contributed by atoms with Crippen molar-refractivity contribution in [2.75, 3.05) is 6.54 Å². The molecule has 2 aromatic carbocycles. The summed E-state index contributed by atoms with van der Waals surface area (Å²) in [5.41, 5.74) is 4.15. The average molecular weight is 360 g/mol. The molecule has 1 fully saturated rings. The fraction of sp³-hybridized carbons (Fsp3) is 0.318. The second kappa shape index (κ2) is 7.74. The Hall–Kier alpha value is -2.95. The van der Waals surface area contributed by atoms with Crippen LogP contribution in [-0.2, 0) is 6.42 Å². The molecule has 0 saturated carbocycles.